The first kappa shape index (κ1) is 17.7. The average Bonchev–Trinajstić information content (AvgIpc) is 2.74. The van der Waals surface area contributed by atoms with E-state index in [2.05, 4.69) is 10.9 Å². The van der Waals surface area contributed by atoms with Gasteiger partial charge in [-0.1, -0.05) is 24.3 Å². The fraction of sp³-hybridized carbons (Fsp3) is 0.533. The fourth-order valence-electron chi connectivity index (χ4n) is 2.74. The topological polar surface area (TPSA) is 87.4 Å². The van der Waals surface area contributed by atoms with Gasteiger partial charge in [-0.3, -0.25) is 10.2 Å². The Morgan fingerprint density at radius 1 is 1.30 bits per heavy atom. The third-order valence-electron chi connectivity index (χ3n) is 4.11. The second-order valence-electron chi connectivity index (χ2n) is 5.76. The summed E-state index contributed by atoms with van der Waals surface area (Å²) < 4.78 is 41.0. The molecule has 0 aromatic heterocycles. The van der Waals surface area contributed by atoms with Crippen molar-refractivity contribution in [2.75, 3.05) is 6.54 Å². The summed E-state index contributed by atoms with van der Waals surface area (Å²) >= 11 is 0. The Kier molecular flexibility index (Phi) is 5.28. The summed E-state index contributed by atoms with van der Waals surface area (Å²) in [5, 5.41) is 8.79. The van der Waals surface area contributed by atoms with Gasteiger partial charge in [0.1, 0.15) is 6.04 Å². The zero-order valence-corrected chi connectivity index (χ0v) is 12.5. The zero-order valence-electron chi connectivity index (χ0n) is 12.5. The maximum Gasteiger partial charge on any atom is 0.412 e. The molecular weight excluding hydrogens is 311 g/mol. The van der Waals surface area contributed by atoms with Crippen LogP contribution in [0.25, 0.3) is 0 Å². The van der Waals surface area contributed by atoms with Gasteiger partial charge in [-0.15, -0.1) is 0 Å². The number of carboxylic acid groups (broad SMARTS) is 1. The van der Waals surface area contributed by atoms with Crippen molar-refractivity contribution in [1.82, 2.24) is 10.9 Å². The number of rotatable bonds is 4. The minimum atomic E-state index is -4.46. The fourth-order valence-corrected chi connectivity index (χ4v) is 2.74. The molecular formula is C15H20F3N3O2. The summed E-state index contributed by atoms with van der Waals surface area (Å²) in [4.78, 5) is 10.7. The van der Waals surface area contributed by atoms with Crippen molar-refractivity contribution < 1.29 is 23.1 Å². The minimum Gasteiger partial charge on any atom is -0.480 e. The number of hydrazine groups is 1. The van der Waals surface area contributed by atoms with Crippen LogP contribution in [0.5, 0.6) is 0 Å². The SMILES string of the molecule is NC(Cc1ccc(C2(C(F)(F)F)CCCCNN2)cc1)C(=O)O. The first-order valence-electron chi connectivity index (χ1n) is 7.41. The highest BCUT2D eigenvalue weighted by Crippen LogP contribution is 2.43. The molecule has 0 aliphatic carbocycles. The predicted molar refractivity (Wildman–Crippen MR) is 78.5 cm³/mol. The number of benzene rings is 1. The number of nitrogens with one attached hydrogen (secondary N) is 2. The lowest BCUT2D eigenvalue weighted by Crippen LogP contribution is -2.57. The molecule has 0 radical (unpaired) electrons. The van der Waals surface area contributed by atoms with Crippen molar-refractivity contribution >= 4 is 5.97 Å². The smallest absolute Gasteiger partial charge is 0.412 e. The van der Waals surface area contributed by atoms with E-state index in [1.54, 1.807) is 0 Å². The standard InChI is InChI=1S/C15H20F3N3O2/c16-15(17,18)14(7-1-2-8-20-21-14)11-5-3-10(4-6-11)9-12(19)13(22)23/h3-6,12,20-21H,1-2,7-9,19H2,(H,22,23). The Labute approximate surface area is 132 Å². The predicted octanol–water partition coefficient (Wildman–Crippen LogP) is 1.68. The summed E-state index contributed by atoms with van der Waals surface area (Å²) in [5.41, 5.74) is 9.06. The molecule has 1 heterocycles. The number of nitrogens with two attached hydrogens (primary N) is 1. The molecule has 0 amide bonds. The highest BCUT2D eigenvalue weighted by molar-refractivity contribution is 5.73. The molecule has 1 aromatic rings. The van der Waals surface area contributed by atoms with E-state index in [0.29, 0.717) is 24.9 Å². The zero-order chi connectivity index (χ0) is 17.1. The van der Waals surface area contributed by atoms with Crippen molar-refractivity contribution in [2.45, 2.75) is 43.4 Å². The van der Waals surface area contributed by atoms with Gasteiger partial charge < -0.3 is 10.8 Å². The molecule has 0 bridgehead atoms. The van der Waals surface area contributed by atoms with E-state index in [1.165, 1.54) is 24.3 Å². The molecule has 23 heavy (non-hydrogen) atoms. The summed E-state index contributed by atoms with van der Waals surface area (Å²) in [6.07, 6.45) is -3.33. The van der Waals surface area contributed by atoms with Crippen LogP contribution in [0.1, 0.15) is 30.4 Å². The van der Waals surface area contributed by atoms with E-state index in [4.69, 9.17) is 10.8 Å². The lowest BCUT2D eigenvalue weighted by Gasteiger charge is -2.36. The molecule has 0 spiro atoms. The molecule has 1 fully saturated rings. The van der Waals surface area contributed by atoms with E-state index in [0.717, 1.165) is 0 Å². The van der Waals surface area contributed by atoms with Crippen LogP contribution in [0.4, 0.5) is 13.2 Å². The summed E-state index contributed by atoms with van der Waals surface area (Å²) in [7, 11) is 0. The Hall–Kier alpha value is -1.64. The number of hydrogen-bond donors (Lipinski definition) is 4. The first-order chi connectivity index (χ1) is 10.8. The van der Waals surface area contributed by atoms with Crippen LogP contribution in [-0.4, -0.2) is 29.8 Å². The maximum absolute atomic E-state index is 13.7. The normalized spacial score (nSPS) is 24.0. The highest BCUT2D eigenvalue weighted by Gasteiger charge is 2.55. The Balaban J connectivity index is 2.28. The molecule has 1 aliphatic rings. The number of carbonyl (C=O) groups is 1. The van der Waals surface area contributed by atoms with Crippen LogP contribution >= 0.6 is 0 Å². The molecule has 1 aromatic carbocycles. The summed E-state index contributed by atoms with van der Waals surface area (Å²) in [5.74, 6) is -1.14. The number of carboxylic acids is 1. The van der Waals surface area contributed by atoms with Crippen LogP contribution in [0.2, 0.25) is 0 Å². The van der Waals surface area contributed by atoms with Gasteiger partial charge in [0.25, 0.3) is 0 Å². The van der Waals surface area contributed by atoms with Crippen molar-refractivity contribution in [3.8, 4) is 0 Å². The van der Waals surface area contributed by atoms with Crippen molar-refractivity contribution in [1.29, 1.82) is 0 Å². The maximum atomic E-state index is 13.7. The van der Waals surface area contributed by atoms with Crippen LogP contribution in [0, 0.1) is 0 Å². The molecule has 128 valence electrons. The lowest BCUT2D eigenvalue weighted by molar-refractivity contribution is -0.205. The minimum absolute atomic E-state index is 0.0580. The first-order valence-corrected chi connectivity index (χ1v) is 7.41. The number of hydrogen-bond acceptors (Lipinski definition) is 4. The molecule has 2 rings (SSSR count). The monoisotopic (exact) mass is 331 g/mol. The van der Waals surface area contributed by atoms with Crippen LogP contribution < -0.4 is 16.6 Å². The molecule has 1 saturated heterocycles. The van der Waals surface area contributed by atoms with Gasteiger partial charge >= 0.3 is 12.1 Å². The van der Waals surface area contributed by atoms with E-state index >= 15 is 0 Å². The van der Waals surface area contributed by atoms with Crippen LogP contribution in [-0.2, 0) is 16.8 Å². The largest absolute Gasteiger partial charge is 0.480 e. The van der Waals surface area contributed by atoms with Gasteiger partial charge in [-0.25, -0.2) is 5.43 Å². The Morgan fingerprint density at radius 2 is 1.96 bits per heavy atom. The summed E-state index contributed by atoms with van der Waals surface area (Å²) in [6, 6.07) is 4.70. The lowest BCUT2D eigenvalue weighted by atomic mass is 9.84. The van der Waals surface area contributed by atoms with E-state index in [9.17, 15) is 18.0 Å². The van der Waals surface area contributed by atoms with Gasteiger partial charge in [0.05, 0.1) is 0 Å². The third-order valence-corrected chi connectivity index (χ3v) is 4.11. The molecule has 5 nitrogen and oxygen atoms in total. The Bertz CT molecular complexity index is 538. The molecule has 8 heteroatoms. The summed E-state index contributed by atoms with van der Waals surface area (Å²) in [6.45, 7) is 0.476. The van der Waals surface area contributed by atoms with Gasteiger partial charge in [0, 0.05) is 6.54 Å². The van der Waals surface area contributed by atoms with Gasteiger partial charge in [-0.2, -0.15) is 13.2 Å². The Morgan fingerprint density at radius 3 is 2.52 bits per heavy atom. The van der Waals surface area contributed by atoms with Gasteiger partial charge in [-0.05, 0) is 36.8 Å². The molecule has 0 saturated carbocycles. The third kappa shape index (κ3) is 3.82. The molecule has 2 unspecified atom stereocenters. The quantitative estimate of drug-likeness (QED) is 0.674. The average molecular weight is 331 g/mol. The number of alkyl halides is 3. The van der Waals surface area contributed by atoms with Gasteiger partial charge in [0.15, 0.2) is 5.54 Å². The molecule has 2 atom stereocenters. The van der Waals surface area contributed by atoms with E-state index < -0.39 is 23.7 Å². The van der Waals surface area contributed by atoms with Crippen molar-refractivity contribution in [3.05, 3.63) is 35.4 Å². The van der Waals surface area contributed by atoms with Crippen molar-refractivity contribution in [2.24, 2.45) is 5.73 Å². The number of halogens is 3. The van der Waals surface area contributed by atoms with Crippen LogP contribution in [0.15, 0.2) is 24.3 Å². The number of aliphatic carboxylic acids is 1. The van der Waals surface area contributed by atoms with Crippen molar-refractivity contribution in [3.63, 3.8) is 0 Å². The second kappa shape index (κ2) is 6.86. The van der Waals surface area contributed by atoms with Crippen LogP contribution in [0.3, 0.4) is 0 Å². The molecule has 1 aliphatic heterocycles. The van der Waals surface area contributed by atoms with Gasteiger partial charge in [0.2, 0.25) is 0 Å². The van der Waals surface area contributed by atoms with E-state index in [-0.39, 0.29) is 18.4 Å². The molecule has 5 N–H and O–H groups in total. The second-order valence-corrected chi connectivity index (χ2v) is 5.76. The van der Waals surface area contributed by atoms with E-state index in [1.807, 2.05) is 0 Å². The highest BCUT2D eigenvalue weighted by atomic mass is 19.4.